The summed E-state index contributed by atoms with van der Waals surface area (Å²) in [5, 5.41) is 7.42. The molecule has 1 saturated heterocycles. The summed E-state index contributed by atoms with van der Waals surface area (Å²) in [6, 6.07) is 0. The van der Waals surface area contributed by atoms with E-state index in [4.69, 9.17) is 15.6 Å². The number of aliphatic carboxylic acids is 1. The molecule has 5 nitrogen and oxygen atoms in total. The molecule has 1 heterocycles. The lowest BCUT2D eigenvalue weighted by Crippen LogP contribution is -2.33. The molecule has 0 aromatic rings. The second-order valence-electron chi connectivity index (χ2n) is 2.81. The van der Waals surface area contributed by atoms with Gasteiger partial charge in [0, 0.05) is 20.0 Å². The zero-order chi connectivity index (χ0) is 10.3. The molecule has 0 aliphatic carbocycles. The lowest BCUT2D eigenvalue weighted by Gasteiger charge is -2.12. The normalized spacial score (nSPS) is 14.8. The van der Waals surface area contributed by atoms with Gasteiger partial charge in [-0.15, -0.1) is 0 Å². The van der Waals surface area contributed by atoms with Crippen molar-refractivity contribution < 1.29 is 14.7 Å². The van der Waals surface area contributed by atoms with Crippen molar-refractivity contribution in [1.82, 2.24) is 4.90 Å². The van der Waals surface area contributed by atoms with Crippen LogP contribution in [0.4, 0.5) is 0 Å². The molecule has 13 heavy (non-hydrogen) atoms. The molecule has 3 N–H and O–H groups in total. The second kappa shape index (κ2) is 6.42. The van der Waals surface area contributed by atoms with E-state index in [1.165, 1.54) is 0 Å². The van der Waals surface area contributed by atoms with E-state index in [0.29, 0.717) is 0 Å². The molecule has 1 rings (SSSR count). The van der Waals surface area contributed by atoms with E-state index in [0.717, 1.165) is 32.9 Å². The number of rotatable bonds is 1. The van der Waals surface area contributed by atoms with Gasteiger partial charge in [0.1, 0.15) is 0 Å². The van der Waals surface area contributed by atoms with Crippen molar-refractivity contribution in [2.24, 2.45) is 5.73 Å². The van der Waals surface area contributed by atoms with Crippen molar-refractivity contribution in [3.63, 3.8) is 0 Å². The first-order valence-electron chi connectivity index (χ1n) is 4.25. The van der Waals surface area contributed by atoms with Crippen molar-refractivity contribution in [2.75, 3.05) is 19.6 Å². The van der Waals surface area contributed by atoms with E-state index in [1.54, 1.807) is 0 Å². The van der Waals surface area contributed by atoms with Gasteiger partial charge in [-0.1, -0.05) is 0 Å². The predicted octanol–water partition coefficient (Wildman–Crippen LogP) is -0.342. The van der Waals surface area contributed by atoms with E-state index in [9.17, 15) is 4.79 Å². The second-order valence-corrected chi connectivity index (χ2v) is 2.81. The van der Waals surface area contributed by atoms with Crippen LogP contribution in [0.15, 0.2) is 0 Å². The maximum atomic E-state index is 10.8. The third-order valence-electron chi connectivity index (χ3n) is 1.63. The first kappa shape index (κ1) is 11.9. The van der Waals surface area contributed by atoms with Gasteiger partial charge in [0.15, 0.2) is 0 Å². The van der Waals surface area contributed by atoms with E-state index in [1.807, 2.05) is 4.90 Å². The van der Waals surface area contributed by atoms with Gasteiger partial charge in [-0.3, -0.25) is 9.59 Å². The number of carbonyl (C=O) groups is 2. The standard InChI is InChI=1S/C6H12N2O.C2H4O2/c7-5-6(9)8-3-1-2-4-8;1-2(3)4/h1-5,7H2;1H3,(H,3,4). The van der Waals surface area contributed by atoms with Crippen molar-refractivity contribution >= 4 is 11.9 Å². The molecule has 0 aromatic carbocycles. The van der Waals surface area contributed by atoms with E-state index in [-0.39, 0.29) is 12.5 Å². The van der Waals surface area contributed by atoms with Gasteiger partial charge in [0.25, 0.3) is 5.97 Å². The zero-order valence-electron chi connectivity index (χ0n) is 7.82. The fourth-order valence-corrected chi connectivity index (χ4v) is 1.10. The summed E-state index contributed by atoms with van der Waals surface area (Å²) < 4.78 is 0. The Kier molecular flexibility index (Phi) is 5.88. The van der Waals surface area contributed by atoms with Gasteiger partial charge in [-0.05, 0) is 12.8 Å². The number of amides is 1. The van der Waals surface area contributed by atoms with Crippen LogP contribution in [0.25, 0.3) is 0 Å². The fourth-order valence-electron chi connectivity index (χ4n) is 1.10. The molecule has 1 aliphatic rings. The average molecular weight is 188 g/mol. The quantitative estimate of drug-likeness (QED) is 0.589. The lowest BCUT2D eigenvalue weighted by atomic mass is 10.4. The topological polar surface area (TPSA) is 83.6 Å². The van der Waals surface area contributed by atoms with Gasteiger partial charge in [0.05, 0.1) is 6.54 Å². The van der Waals surface area contributed by atoms with E-state index in [2.05, 4.69) is 0 Å². The Bertz CT molecular complexity index is 172. The smallest absolute Gasteiger partial charge is 0.300 e. The molecule has 76 valence electrons. The largest absolute Gasteiger partial charge is 0.481 e. The Labute approximate surface area is 77.5 Å². The molecule has 0 saturated carbocycles. The molecule has 0 atom stereocenters. The minimum Gasteiger partial charge on any atom is -0.481 e. The van der Waals surface area contributed by atoms with Crippen LogP contribution in [0.1, 0.15) is 19.8 Å². The van der Waals surface area contributed by atoms with Gasteiger partial charge in [0.2, 0.25) is 5.91 Å². The summed E-state index contributed by atoms with van der Waals surface area (Å²) in [4.78, 5) is 21.6. The summed E-state index contributed by atoms with van der Waals surface area (Å²) in [6.07, 6.45) is 2.29. The fraction of sp³-hybridized carbons (Fsp3) is 0.750. The van der Waals surface area contributed by atoms with Crippen molar-refractivity contribution in [2.45, 2.75) is 19.8 Å². The van der Waals surface area contributed by atoms with Crippen molar-refractivity contribution in [1.29, 1.82) is 0 Å². The SMILES string of the molecule is CC(=O)O.NCC(=O)N1CCCC1. The molecular formula is C8H16N2O3. The summed E-state index contributed by atoms with van der Waals surface area (Å²) in [5.74, 6) is -0.743. The molecule has 1 amide bonds. The Morgan fingerprint density at radius 3 is 2.08 bits per heavy atom. The van der Waals surface area contributed by atoms with Crippen LogP contribution in [-0.2, 0) is 9.59 Å². The summed E-state index contributed by atoms with van der Waals surface area (Å²) in [7, 11) is 0. The highest BCUT2D eigenvalue weighted by molar-refractivity contribution is 5.78. The third-order valence-corrected chi connectivity index (χ3v) is 1.63. The van der Waals surface area contributed by atoms with Crippen molar-refractivity contribution in [3.8, 4) is 0 Å². The number of carbonyl (C=O) groups excluding carboxylic acids is 1. The number of carboxylic acids is 1. The molecule has 0 spiro atoms. The average Bonchev–Trinajstić information content (AvgIpc) is 2.54. The summed E-state index contributed by atoms with van der Waals surface area (Å²) in [6.45, 7) is 3.08. The van der Waals surface area contributed by atoms with Crippen molar-refractivity contribution in [3.05, 3.63) is 0 Å². The predicted molar refractivity (Wildman–Crippen MR) is 48.2 cm³/mol. The van der Waals surface area contributed by atoms with Gasteiger partial charge >= 0.3 is 0 Å². The first-order valence-corrected chi connectivity index (χ1v) is 4.25. The molecule has 0 radical (unpaired) electrons. The third kappa shape index (κ3) is 6.10. The monoisotopic (exact) mass is 188 g/mol. The molecule has 0 unspecified atom stereocenters. The number of nitrogens with two attached hydrogens (primary N) is 1. The van der Waals surface area contributed by atoms with Gasteiger partial charge < -0.3 is 15.7 Å². The van der Waals surface area contributed by atoms with E-state index < -0.39 is 5.97 Å². The maximum Gasteiger partial charge on any atom is 0.300 e. The molecule has 0 bridgehead atoms. The number of hydrogen-bond acceptors (Lipinski definition) is 3. The van der Waals surface area contributed by atoms with Gasteiger partial charge in [-0.25, -0.2) is 0 Å². The minimum absolute atomic E-state index is 0.0903. The Balaban J connectivity index is 0.000000310. The first-order chi connectivity index (χ1) is 6.07. The highest BCUT2D eigenvalue weighted by Gasteiger charge is 2.15. The zero-order valence-corrected chi connectivity index (χ0v) is 7.82. The molecular weight excluding hydrogens is 172 g/mol. The van der Waals surface area contributed by atoms with Crippen LogP contribution in [0.3, 0.4) is 0 Å². The molecule has 5 heteroatoms. The minimum atomic E-state index is -0.833. The lowest BCUT2D eigenvalue weighted by molar-refractivity contribution is -0.134. The number of hydrogen-bond donors (Lipinski definition) is 2. The summed E-state index contributed by atoms with van der Waals surface area (Å²) >= 11 is 0. The van der Waals surface area contributed by atoms with Crippen LogP contribution in [0, 0.1) is 0 Å². The highest BCUT2D eigenvalue weighted by atomic mass is 16.4. The van der Waals surface area contributed by atoms with Crippen LogP contribution >= 0.6 is 0 Å². The summed E-state index contributed by atoms with van der Waals surface area (Å²) in [5.41, 5.74) is 5.16. The highest BCUT2D eigenvalue weighted by Crippen LogP contribution is 2.05. The number of likely N-dealkylation sites (tertiary alicyclic amines) is 1. The molecule has 1 aliphatic heterocycles. The van der Waals surface area contributed by atoms with E-state index >= 15 is 0 Å². The number of nitrogens with zero attached hydrogens (tertiary/aromatic N) is 1. The Morgan fingerprint density at radius 1 is 1.38 bits per heavy atom. The maximum absolute atomic E-state index is 10.8. The van der Waals surface area contributed by atoms with Crippen LogP contribution < -0.4 is 5.73 Å². The Hall–Kier alpha value is -1.10. The van der Waals surface area contributed by atoms with Crippen LogP contribution in [-0.4, -0.2) is 41.5 Å². The van der Waals surface area contributed by atoms with Gasteiger partial charge in [-0.2, -0.15) is 0 Å². The Morgan fingerprint density at radius 2 is 1.77 bits per heavy atom. The van der Waals surface area contributed by atoms with Crippen LogP contribution in [0.2, 0.25) is 0 Å². The van der Waals surface area contributed by atoms with Crippen LogP contribution in [0.5, 0.6) is 0 Å². The molecule has 1 fully saturated rings. The molecule has 0 aromatic heterocycles. The number of carboxylic acid groups (broad SMARTS) is 1.